The van der Waals surface area contributed by atoms with Crippen LogP contribution < -0.4 is 4.74 Å². The van der Waals surface area contributed by atoms with Crippen molar-refractivity contribution in [3.05, 3.63) is 65.2 Å². The van der Waals surface area contributed by atoms with Crippen LogP contribution in [0.2, 0.25) is 0 Å². The number of ketones is 1. The van der Waals surface area contributed by atoms with Gasteiger partial charge in [-0.25, -0.2) is 0 Å². The summed E-state index contributed by atoms with van der Waals surface area (Å²) in [6, 6.07) is 12.3. The van der Waals surface area contributed by atoms with Crippen molar-refractivity contribution in [2.75, 3.05) is 33.3 Å². The lowest BCUT2D eigenvalue weighted by Crippen LogP contribution is -2.38. The van der Waals surface area contributed by atoms with Gasteiger partial charge in [0.2, 0.25) is 0 Å². The quantitative estimate of drug-likeness (QED) is 0.384. The van der Waals surface area contributed by atoms with E-state index >= 15 is 0 Å². The Hall–Kier alpha value is -3.32. The van der Waals surface area contributed by atoms with Crippen molar-refractivity contribution >= 4 is 17.4 Å². The second-order valence-electron chi connectivity index (χ2n) is 7.34. The number of amides is 1. The number of nitrogens with zero attached hydrogens (tertiary/aromatic N) is 2. The predicted molar refractivity (Wildman–Crippen MR) is 118 cm³/mol. The molecule has 1 heterocycles. The molecule has 0 radical (unpaired) electrons. The maximum absolute atomic E-state index is 13.0. The Kier molecular flexibility index (Phi) is 6.97. The van der Waals surface area contributed by atoms with Gasteiger partial charge in [0.05, 0.1) is 18.7 Å². The molecular weight excluding hydrogens is 396 g/mol. The Morgan fingerprint density at radius 1 is 1.10 bits per heavy atom. The smallest absolute Gasteiger partial charge is 0.295 e. The highest BCUT2D eigenvalue weighted by Crippen LogP contribution is 2.40. The molecule has 7 nitrogen and oxygen atoms in total. The predicted octanol–water partition coefficient (Wildman–Crippen LogP) is 3.16. The number of rotatable bonds is 8. The Morgan fingerprint density at radius 2 is 1.77 bits per heavy atom. The third-order valence-electron chi connectivity index (χ3n) is 5.64. The molecule has 0 bridgehead atoms. The zero-order chi connectivity index (χ0) is 22.5. The Balaban J connectivity index is 2.10. The van der Waals surface area contributed by atoms with E-state index in [-0.39, 0.29) is 17.1 Å². The summed E-state index contributed by atoms with van der Waals surface area (Å²) in [5.41, 5.74) is 1.06. The molecule has 1 atom stereocenters. The number of carbonyl (C=O) groups is 2. The number of methoxy groups -OCH3 is 1. The van der Waals surface area contributed by atoms with E-state index in [1.807, 2.05) is 13.8 Å². The third-order valence-corrected chi connectivity index (χ3v) is 5.64. The first-order valence-electron chi connectivity index (χ1n) is 10.3. The standard InChI is InChI=1S/C24H28N2O5/c1-4-25(5-2)13-14-26-21(16-9-11-18(27)12-10-16)20(23(29)24(26)30)22(28)17-7-6-8-19(15-17)31-3/h6-12,15,21,27-28H,4-5,13-14H2,1-3H3/b22-20-. The number of hydrogen-bond donors (Lipinski definition) is 2. The summed E-state index contributed by atoms with van der Waals surface area (Å²) in [5.74, 6) is -1.01. The summed E-state index contributed by atoms with van der Waals surface area (Å²) >= 11 is 0. The van der Waals surface area contributed by atoms with Crippen LogP contribution in [0, 0.1) is 0 Å². The van der Waals surface area contributed by atoms with Crippen LogP contribution >= 0.6 is 0 Å². The fraction of sp³-hybridized carbons (Fsp3) is 0.333. The van der Waals surface area contributed by atoms with Gasteiger partial charge in [-0.3, -0.25) is 9.59 Å². The Morgan fingerprint density at radius 3 is 2.39 bits per heavy atom. The van der Waals surface area contributed by atoms with Gasteiger partial charge in [0, 0.05) is 18.7 Å². The molecule has 3 rings (SSSR count). The lowest BCUT2D eigenvalue weighted by atomic mass is 9.95. The monoisotopic (exact) mass is 424 g/mol. The van der Waals surface area contributed by atoms with Crippen LogP contribution in [0.5, 0.6) is 11.5 Å². The van der Waals surface area contributed by atoms with Crippen LogP contribution in [0.15, 0.2) is 54.1 Å². The molecule has 2 aromatic carbocycles. The van der Waals surface area contributed by atoms with Gasteiger partial charge in [0.25, 0.3) is 11.7 Å². The van der Waals surface area contributed by atoms with Gasteiger partial charge in [-0.2, -0.15) is 0 Å². The minimum absolute atomic E-state index is 0.0310. The van der Waals surface area contributed by atoms with Gasteiger partial charge in [0.1, 0.15) is 17.3 Å². The maximum atomic E-state index is 13.0. The number of phenols is 1. The summed E-state index contributed by atoms with van der Waals surface area (Å²) in [4.78, 5) is 29.6. The van der Waals surface area contributed by atoms with Crippen LogP contribution in [0.4, 0.5) is 0 Å². The molecule has 164 valence electrons. The number of aromatic hydroxyl groups is 1. The van der Waals surface area contributed by atoms with Crippen molar-refractivity contribution < 1.29 is 24.5 Å². The fourth-order valence-corrected chi connectivity index (χ4v) is 3.83. The third kappa shape index (κ3) is 4.56. The molecule has 31 heavy (non-hydrogen) atoms. The van der Waals surface area contributed by atoms with Crippen molar-refractivity contribution in [2.24, 2.45) is 0 Å². The lowest BCUT2D eigenvalue weighted by Gasteiger charge is -2.28. The van der Waals surface area contributed by atoms with Crippen molar-refractivity contribution in [1.29, 1.82) is 0 Å². The average molecular weight is 424 g/mol. The van der Waals surface area contributed by atoms with E-state index in [9.17, 15) is 19.8 Å². The second kappa shape index (κ2) is 9.66. The molecule has 0 aromatic heterocycles. The van der Waals surface area contributed by atoms with Gasteiger partial charge >= 0.3 is 0 Å². The van der Waals surface area contributed by atoms with Crippen LogP contribution in [0.3, 0.4) is 0 Å². The normalized spacial score (nSPS) is 18.1. The number of phenolic OH excluding ortho intramolecular Hbond substituents is 1. The number of likely N-dealkylation sites (tertiary alicyclic amines) is 1. The van der Waals surface area contributed by atoms with E-state index in [0.717, 1.165) is 13.1 Å². The number of benzene rings is 2. The maximum Gasteiger partial charge on any atom is 0.295 e. The number of aliphatic hydroxyl groups is 1. The summed E-state index contributed by atoms with van der Waals surface area (Å²) in [7, 11) is 1.52. The average Bonchev–Trinajstić information content (AvgIpc) is 3.04. The number of carbonyl (C=O) groups excluding carboxylic acids is 2. The molecule has 1 amide bonds. The molecule has 0 spiro atoms. The molecule has 0 aliphatic carbocycles. The summed E-state index contributed by atoms with van der Waals surface area (Å²) in [6.45, 7) is 6.68. The van der Waals surface area contributed by atoms with Gasteiger partial charge in [-0.05, 0) is 42.9 Å². The Bertz CT molecular complexity index is 980. The van der Waals surface area contributed by atoms with Crippen molar-refractivity contribution in [2.45, 2.75) is 19.9 Å². The van der Waals surface area contributed by atoms with Gasteiger partial charge in [0.15, 0.2) is 0 Å². The zero-order valence-electron chi connectivity index (χ0n) is 18.0. The molecule has 1 fully saturated rings. The van der Waals surface area contributed by atoms with Crippen molar-refractivity contribution in [3.63, 3.8) is 0 Å². The highest BCUT2D eigenvalue weighted by atomic mass is 16.5. The minimum atomic E-state index is -0.748. The molecule has 0 saturated carbocycles. The summed E-state index contributed by atoms with van der Waals surface area (Å²) < 4.78 is 5.22. The minimum Gasteiger partial charge on any atom is -0.508 e. The number of likely N-dealkylation sites (N-methyl/N-ethyl adjacent to an activating group) is 1. The zero-order valence-corrected chi connectivity index (χ0v) is 18.0. The fourth-order valence-electron chi connectivity index (χ4n) is 3.83. The van der Waals surface area contributed by atoms with E-state index in [1.54, 1.807) is 36.4 Å². The number of ether oxygens (including phenoxy) is 1. The second-order valence-corrected chi connectivity index (χ2v) is 7.34. The van der Waals surface area contributed by atoms with E-state index in [1.165, 1.54) is 24.1 Å². The number of Topliss-reactive ketones (excluding diaryl/α,β-unsaturated/α-hetero) is 1. The first-order chi connectivity index (χ1) is 14.9. The van der Waals surface area contributed by atoms with Crippen LogP contribution in [0.25, 0.3) is 5.76 Å². The van der Waals surface area contributed by atoms with E-state index in [2.05, 4.69) is 4.90 Å². The van der Waals surface area contributed by atoms with Gasteiger partial charge in [-0.1, -0.05) is 38.1 Å². The lowest BCUT2D eigenvalue weighted by molar-refractivity contribution is -0.140. The summed E-state index contributed by atoms with van der Waals surface area (Å²) in [6.07, 6.45) is 0. The molecule has 2 aromatic rings. The molecule has 1 aliphatic heterocycles. The van der Waals surface area contributed by atoms with Crippen LogP contribution in [-0.4, -0.2) is 65.0 Å². The van der Waals surface area contributed by atoms with Gasteiger partial charge < -0.3 is 24.7 Å². The van der Waals surface area contributed by atoms with E-state index in [0.29, 0.717) is 30.0 Å². The van der Waals surface area contributed by atoms with Crippen LogP contribution in [0.1, 0.15) is 31.0 Å². The molecule has 1 aliphatic rings. The molecule has 2 N–H and O–H groups in total. The SMILES string of the molecule is CCN(CC)CCN1C(=O)C(=O)/C(=C(\O)c2cccc(OC)c2)C1c1ccc(O)cc1. The first kappa shape index (κ1) is 22.4. The number of aliphatic hydroxyl groups excluding tert-OH is 1. The molecule has 7 heteroatoms. The number of hydrogen-bond acceptors (Lipinski definition) is 6. The van der Waals surface area contributed by atoms with Crippen LogP contribution in [-0.2, 0) is 9.59 Å². The molecule has 1 unspecified atom stereocenters. The largest absolute Gasteiger partial charge is 0.508 e. The van der Waals surface area contributed by atoms with Crippen molar-refractivity contribution in [3.8, 4) is 11.5 Å². The topological polar surface area (TPSA) is 90.3 Å². The Labute approximate surface area is 182 Å². The van der Waals surface area contributed by atoms with Crippen molar-refractivity contribution in [1.82, 2.24) is 9.80 Å². The molecule has 1 saturated heterocycles. The highest BCUT2D eigenvalue weighted by molar-refractivity contribution is 6.46. The van der Waals surface area contributed by atoms with E-state index in [4.69, 9.17) is 4.74 Å². The van der Waals surface area contributed by atoms with E-state index < -0.39 is 17.7 Å². The van der Waals surface area contributed by atoms with Gasteiger partial charge in [-0.15, -0.1) is 0 Å². The summed E-state index contributed by atoms with van der Waals surface area (Å²) in [5, 5.41) is 20.8. The molecular formula is C24H28N2O5. The highest BCUT2D eigenvalue weighted by Gasteiger charge is 2.45. The first-order valence-corrected chi connectivity index (χ1v) is 10.3.